The lowest BCUT2D eigenvalue weighted by Gasteiger charge is -2.15. The molecule has 0 saturated carbocycles. The third-order valence-corrected chi connectivity index (χ3v) is 5.30. The van der Waals surface area contributed by atoms with Gasteiger partial charge in [-0.05, 0) is 31.3 Å². The van der Waals surface area contributed by atoms with Crippen molar-refractivity contribution in [2.75, 3.05) is 26.6 Å². The zero-order valence-corrected chi connectivity index (χ0v) is 16.9. The van der Waals surface area contributed by atoms with Gasteiger partial charge in [0.2, 0.25) is 10.0 Å². The molecule has 0 heterocycles. The summed E-state index contributed by atoms with van der Waals surface area (Å²) in [6.07, 6.45) is 0. The summed E-state index contributed by atoms with van der Waals surface area (Å²) in [6.45, 7) is -3.17. The predicted octanol–water partition coefficient (Wildman–Crippen LogP) is 2.24. The Balaban J connectivity index is 2.42. The molecule has 162 valence electrons. The molecule has 0 spiro atoms. The van der Waals surface area contributed by atoms with Crippen LogP contribution >= 0.6 is 0 Å². The number of alkyl halides is 2. The van der Waals surface area contributed by atoms with Crippen LogP contribution < -0.4 is 19.5 Å². The van der Waals surface area contributed by atoms with Crippen molar-refractivity contribution in [3.8, 4) is 11.5 Å². The number of halogens is 2. The Kier molecular flexibility index (Phi) is 7.29. The number of nitrogens with one attached hydrogen (secondary N) is 2. The number of carbonyl (C=O) groups is 2. The summed E-state index contributed by atoms with van der Waals surface area (Å²) in [5.41, 5.74) is -0.290. The van der Waals surface area contributed by atoms with Gasteiger partial charge >= 0.3 is 12.6 Å². The number of sulfonamides is 1. The monoisotopic (exact) mass is 444 g/mol. The van der Waals surface area contributed by atoms with Crippen molar-refractivity contribution in [1.29, 1.82) is 0 Å². The number of benzene rings is 2. The molecule has 0 saturated heterocycles. The Morgan fingerprint density at radius 3 is 2.17 bits per heavy atom. The minimum atomic E-state index is -3.69. The molecule has 2 N–H and O–H groups in total. The molecule has 2 aromatic rings. The zero-order valence-electron chi connectivity index (χ0n) is 16.1. The summed E-state index contributed by atoms with van der Waals surface area (Å²) < 4.78 is 65.0. The third-order valence-electron chi connectivity index (χ3n) is 3.87. The number of rotatable bonds is 8. The van der Waals surface area contributed by atoms with Crippen LogP contribution in [0.25, 0.3) is 0 Å². The fourth-order valence-electron chi connectivity index (χ4n) is 2.39. The number of methoxy groups -OCH3 is 2. The molecule has 2 rings (SSSR count). The van der Waals surface area contributed by atoms with E-state index in [1.165, 1.54) is 38.4 Å². The molecule has 0 aliphatic heterocycles. The van der Waals surface area contributed by atoms with Gasteiger partial charge in [0, 0.05) is 17.7 Å². The second-order valence-corrected chi connectivity index (χ2v) is 7.49. The average Bonchev–Trinajstić information content (AvgIpc) is 2.73. The normalized spacial score (nSPS) is 11.1. The maximum atomic E-state index is 12.7. The molecular weight excluding hydrogens is 426 g/mol. The standard InChI is InChI=1S/C18H18F2N2O7S/c1-21-30(25,26)11-6-4-10(5-7-11)16(23)22-13-9-15(29-18(19)20)14(27-2)8-12(13)17(24)28-3/h4-9,18,21H,1-3H3,(H,22,23). The van der Waals surface area contributed by atoms with Crippen molar-refractivity contribution < 1.29 is 41.0 Å². The van der Waals surface area contributed by atoms with Gasteiger partial charge in [0.1, 0.15) is 0 Å². The van der Waals surface area contributed by atoms with E-state index in [9.17, 15) is 26.8 Å². The molecule has 12 heteroatoms. The number of hydrogen-bond donors (Lipinski definition) is 2. The molecule has 0 radical (unpaired) electrons. The van der Waals surface area contributed by atoms with Gasteiger partial charge in [-0.1, -0.05) is 0 Å². The number of ether oxygens (including phenoxy) is 3. The van der Waals surface area contributed by atoms with E-state index in [4.69, 9.17) is 4.74 Å². The van der Waals surface area contributed by atoms with Crippen LogP contribution in [0.3, 0.4) is 0 Å². The Labute approximate surface area is 171 Å². The van der Waals surface area contributed by atoms with Crippen molar-refractivity contribution in [2.24, 2.45) is 0 Å². The van der Waals surface area contributed by atoms with Crippen molar-refractivity contribution in [1.82, 2.24) is 4.72 Å². The first-order chi connectivity index (χ1) is 14.1. The van der Waals surface area contributed by atoms with E-state index in [1.54, 1.807) is 0 Å². The Bertz CT molecular complexity index is 1040. The Morgan fingerprint density at radius 1 is 1.03 bits per heavy atom. The van der Waals surface area contributed by atoms with Crippen LogP contribution in [0.5, 0.6) is 11.5 Å². The van der Waals surface area contributed by atoms with E-state index in [2.05, 4.69) is 19.5 Å². The molecule has 0 aliphatic carbocycles. The van der Waals surface area contributed by atoms with E-state index in [0.29, 0.717) is 0 Å². The van der Waals surface area contributed by atoms with Gasteiger partial charge in [-0.25, -0.2) is 17.9 Å². The van der Waals surface area contributed by atoms with Crippen LogP contribution in [-0.4, -0.2) is 48.2 Å². The lowest BCUT2D eigenvalue weighted by molar-refractivity contribution is -0.0511. The molecule has 0 aliphatic rings. The van der Waals surface area contributed by atoms with E-state index >= 15 is 0 Å². The van der Waals surface area contributed by atoms with Crippen LogP contribution in [-0.2, 0) is 14.8 Å². The number of amides is 1. The first-order valence-electron chi connectivity index (χ1n) is 8.23. The summed E-state index contributed by atoms with van der Waals surface area (Å²) in [5.74, 6) is -2.18. The van der Waals surface area contributed by atoms with Gasteiger partial charge in [-0.2, -0.15) is 8.78 Å². The molecule has 0 fully saturated rings. The van der Waals surface area contributed by atoms with E-state index in [1.807, 2.05) is 0 Å². The highest BCUT2D eigenvalue weighted by molar-refractivity contribution is 7.89. The van der Waals surface area contributed by atoms with E-state index in [0.717, 1.165) is 19.2 Å². The summed E-state index contributed by atoms with van der Waals surface area (Å²) in [4.78, 5) is 24.5. The third kappa shape index (κ3) is 5.21. The molecule has 1 amide bonds. The fraction of sp³-hybridized carbons (Fsp3) is 0.222. The maximum Gasteiger partial charge on any atom is 0.387 e. The molecule has 30 heavy (non-hydrogen) atoms. The summed E-state index contributed by atoms with van der Waals surface area (Å²) in [7, 11) is -0.157. The van der Waals surface area contributed by atoms with Gasteiger partial charge in [-0.15, -0.1) is 0 Å². The maximum absolute atomic E-state index is 12.7. The van der Waals surface area contributed by atoms with Crippen molar-refractivity contribution in [3.63, 3.8) is 0 Å². The molecule has 9 nitrogen and oxygen atoms in total. The van der Waals surface area contributed by atoms with Gasteiger partial charge in [0.15, 0.2) is 11.5 Å². The van der Waals surface area contributed by atoms with Crippen molar-refractivity contribution in [3.05, 3.63) is 47.5 Å². The zero-order chi connectivity index (χ0) is 22.5. The second kappa shape index (κ2) is 9.50. The van der Waals surface area contributed by atoms with Gasteiger partial charge in [0.25, 0.3) is 5.91 Å². The smallest absolute Gasteiger partial charge is 0.387 e. The SMILES string of the molecule is CNS(=O)(=O)c1ccc(C(=O)Nc2cc(OC(F)F)c(OC)cc2C(=O)OC)cc1. The summed E-state index contributed by atoms with van der Waals surface area (Å²) in [5, 5.41) is 2.39. The van der Waals surface area contributed by atoms with Crippen molar-refractivity contribution in [2.45, 2.75) is 11.5 Å². The first kappa shape index (κ1) is 23.0. The number of carbonyl (C=O) groups excluding carboxylic acids is 2. The van der Waals surface area contributed by atoms with Crippen molar-refractivity contribution >= 4 is 27.6 Å². The largest absolute Gasteiger partial charge is 0.493 e. The number of hydrogen-bond acceptors (Lipinski definition) is 7. The molecule has 0 unspecified atom stereocenters. The van der Waals surface area contributed by atoms with Crippen LogP contribution in [0.4, 0.5) is 14.5 Å². The van der Waals surface area contributed by atoms with Crippen LogP contribution in [0.15, 0.2) is 41.3 Å². The topological polar surface area (TPSA) is 120 Å². The minimum absolute atomic E-state index is 0.0491. The Hall–Kier alpha value is -3.25. The van der Waals surface area contributed by atoms with Gasteiger partial charge in [-0.3, -0.25) is 4.79 Å². The summed E-state index contributed by atoms with van der Waals surface area (Å²) >= 11 is 0. The summed E-state index contributed by atoms with van der Waals surface area (Å²) in [6, 6.07) is 6.99. The van der Waals surface area contributed by atoms with Crippen LogP contribution in [0.1, 0.15) is 20.7 Å². The molecular formula is C18H18F2N2O7S. The lowest BCUT2D eigenvalue weighted by atomic mass is 10.1. The quantitative estimate of drug-likeness (QED) is 0.599. The van der Waals surface area contributed by atoms with E-state index in [-0.39, 0.29) is 27.5 Å². The highest BCUT2D eigenvalue weighted by atomic mass is 32.2. The number of esters is 1. The van der Waals surface area contributed by atoms with Gasteiger partial charge in [0.05, 0.1) is 30.4 Å². The highest BCUT2D eigenvalue weighted by Crippen LogP contribution is 2.35. The predicted molar refractivity (Wildman–Crippen MR) is 102 cm³/mol. The molecule has 0 atom stereocenters. The minimum Gasteiger partial charge on any atom is -0.493 e. The second-order valence-electron chi connectivity index (χ2n) is 5.60. The van der Waals surface area contributed by atoms with Gasteiger partial charge < -0.3 is 19.5 Å². The lowest BCUT2D eigenvalue weighted by Crippen LogP contribution is -2.19. The fourth-order valence-corrected chi connectivity index (χ4v) is 3.12. The van der Waals surface area contributed by atoms with E-state index < -0.39 is 34.3 Å². The van der Waals surface area contributed by atoms with Crippen LogP contribution in [0.2, 0.25) is 0 Å². The number of anilines is 1. The average molecular weight is 444 g/mol. The molecule has 0 bridgehead atoms. The highest BCUT2D eigenvalue weighted by Gasteiger charge is 2.22. The molecule has 2 aromatic carbocycles. The van der Waals surface area contributed by atoms with Crippen LogP contribution in [0, 0.1) is 0 Å². The Morgan fingerprint density at radius 2 is 1.67 bits per heavy atom. The first-order valence-corrected chi connectivity index (χ1v) is 9.71. The molecule has 0 aromatic heterocycles.